The Kier molecular flexibility index (Phi) is 4.38. The Morgan fingerprint density at radius 1 is 1.64 bits per heavy atom. The molecular weight excluding hydrogens is 246 g/mol. The number of esters is 1. The van der Waals surface area contributed by atoms with Gasteiger partial charge in [0.15, 0.2) is 0 Å². The van der Waals surface area contributed by atoms with Crippen molar-refractivity contribution in [2.24, 2.45) is 0 Å². The number of hydrogen-bond acceptors (Lipinski definition) is 3. The van der Waals surface area contributed by atoms with Crippen LogP contribution in [0.4, 0.5) is 0 Å². The van der Waals surface area contributed by atoms with Crippen molar-refractivity contribution in [2.75, 3.05) is 13.7 Å². The van der Waals surface area contributed by atoms with Gasteiger partial charge in [0, 0.05) is 12.1 Å². The van der Waals surface area contributed by atoms with Gasteiger partial charge in [0.2, 0.25) is 0 Å². The van der Waals surface area contributed by atoms with Crippen molar-refractivity contribution >= 4 is 21.9 Å². The highest BCUT2D eigenvalue weighted by Gasteiger charge is 2.35. The van der Waals surface area contributed by atoms with Crippen molar-refractivity contribution in [1.82, 2.24) is 5.32 Å². The van der Waals surface area contributed by atoms with Crippen LogP contribution in [-0.4, -0.2) is 30.0 Å². The summed E-state index contributed by atoms with van der Waals surface area (Å²) in [5.41, 5.74) is 0.292. The number of carbonyl (C=O) groups is 1. The standard InChI is InChI=1S/C10H18BrNO2/c1-3-10(5-4-6-10)12-7-8(11)9(13)14-2/h8,12H,3-7H2,1-2H3. The summed E-state index contributed by atoms with van der Waals surface area (Å²) in [6, 6.07) is 0. The van der Waals surface area contributed by atoms with Gasteiger partial charge < -0.3 is 10.1 Å². The first-order valence-electron chi connectivity index (χ1n) is 5.10. The molecule has 4 heteroatoms. The van der Waals surface area contributed by atoms with Gasteiger partial charge in [-0.2, -0.15) is 0 Å². The average molecular weight is 264 g/mol. The molecule has 82 valence electrons. The molecule has 0 heterocycles. The normalized spacial score (nSPS) is 21.1. The second kappa shape index (κ2) is 5.12. The van der Waals surface area contributed by atoms with E-state index in [0.717, 1.165) is 6.42 Å². The van der Waals surface area contributed by atoms with E-state index >= 15 is 0 Å². The monoisotopic (exact) mass is 263 g/mol. The van der Waals surface area contributed by atoms with Gasteiger partial charge in [-0.3, -0.25) is 4.79 Å². The van der Waals surface area contributed by atoms with Gasteiger partial charge in [0.1, 0.15) is 4.83 Å². The summed E-state index contributed by atoms with van der Waals surface area (Å²) < 4.78 is 4.64. The molecule has 1 atom stereocenters. The Morgan fingerprint density at radius 3 is 2.64 bits per heavy atom. The number of nitrogens with one attached hydrogen (secondary N) is 1. The van der Waals surface area contributed by atoms with Crippen molar-refractivity contribution in [3.05, 3.63) is 0 Å². The Bertz CT molecular complexity index is 199. The van der Waals surface area contributed by atoms with Gasteiger partial charge in [0.05, 0.1) is 7.11 Å². The highest BCUT2D eigenvalue weighted by molar-refractivity contribution is 9.10. The van der Waals surface area contributed by atoms with Crippen LogP contribution in [0.15, 0.2) is 0 Å². The van der Waals surface area contributed by atoms with Crippen molar-refractivity contribution < 1.29 is 9.53 Å². The Morgan fingerprint density at radius 2 is 2.29 bits per heavy atom. The SMILES string of the molecule is CCC1(NCC(Br)C(=O)OC)CCC1. The van der Waals surface area contributed by atoms with Crippen LogP contribution in [-0.2, 0) is 9.53 Å². The topological polar surface area (TPSA) is 38.3 Å². The molecule has 1 rings (SSSR count). The molecule has 1 aliphatic rings. The molecule has 14 heavy (non-hydrogen) atoms. The molecule has 0 bridgehead atoms. The van der Waals surface area contributed by atoms with E-state index in [1.165, 1.54) is 26.4 Å². The predicted molar refractivity (Wildman–Crippen MR) is 59.6 cm³/mol. The van der Waals surface area contributed by atoms with E-state index in [1.807, 2.05) is 0 Å². The predicted octanol–water partition coefficient (Wildman–Crippen LogP) is 1.85. The van der Waals surface area contributed by atoms with Crippen LogP contribution in [0.25, 0.3) is 0 Å². The smallest absolute Gasteiger partial charge is 0.320 e. The van der Waals surface area contributed by atoms with Gasteiger partial charge in [-0.05, 0) is 25.7 Å². The maximum atomic E-state index is 11.1. The number of rotatable bonds is 5. The average Bonchev–Trinajstić information content (AvgIpc) is 2.15. The first kappa shape index (κ1) is 12.0. The lowest BCUT2D eigenvalue weighted by atomic mass is 9.75. The van der Waals surface area contributed by atoms with E-state index in [0.29, 0.717) is 12.1 Å². The molecule has 0 saturated heterocycles. The molecule has 1 saturated carbocycles. The molecule has 0 aromatic rings. The Hall–Kier alpha value is -0.0900. The summed E-state index contributed by atoms with van der Waals surface area (Å²) in [7, 11) is 1.41. The third-order valence-electron chi connectivity index (χ3n) is 3.10. The Labute approximate surface area is 93.7 Å². The number of alkyl halides is 1. The zero-order valence-electron chi connectivity index (χ0n) is 8.81. The van der Waals surface area contributed by atoms with Gasteiger partial charge in [-0.15, -0.1) is 0 Å². The fraction of sp³-hybridized carbons (Fsp3) is 0.900. The molecule has 1 aliphatic carbocycles. The van der Waals surface area contributed by atoms with E-state index in [4.69, 9.17) is 0 Å². The first-order chi connectivity index (χ1) is 6.63. The van der Waals surface area contributed by atoms with E-state index in [-0.39, 0.29) is 10.8 Å². The maximum Gasteiger partial charge on any atom is 0.320 e. The fourth-order valence-corrected chi connectivity index (χ4v) is 2.12. The first-order valence-corrected chi connectivity index (χ1v) is 6.02. The lowest BCUT2D eigenvalue weighted by molar-refractivity contribution is -0.139. The van der Waals surface area contributed by atoms with Crippen molar-refractivity contribution in [3.63, 3.8) is 0 Å². The molecular formula is C10H18BrNO2. The summed E-state index contributed by atoms with van der Waals surface area (Å²) in [6.07, 6.45) is 4.88. The Balaban J connectivity index is 2.28. The zero-order valence-corrected chi connectivity index (χ0v) is 10.4. The van der Waals surface area contributed by atoms with Crippen molar-refractivity contribution in [1.29, 1.82) is 0 Å². The highest BCUT2D eigenvalue weighted by atomic mass is 79.9. The summed E-state index contributed by atoms with van der Waals surface area (Å²) >= 11 is 3.30. The number of hydrogen-bond donors (Lipinski definition) is 1. The number of halogens is 1. The third kappa shape index (κ3) is 2.70. The molecule has 0 aliphatic heterocycles. The lowest BCUT2D eigenvalue weighted by Crippen LogP contribution is -2.52. The van der Waals surface area contributed by atoms with Gasteiger partial charge in [-0.25, -0.2) is 0 Å². The highest BCUT2D eigenvalue weighted by Crippen LogP contribution is 2.34. The van der Waals surface area contributed by atoms with E-state index in [1.54, 1.807) is 0 Å². The maximum absolute atomic E-state index is 11.1. The molecule has 1 unspecified atom stereocenters. The minimum absolute atomic E-state index is 0.205. The van der Waals surface area contributed by atoms with Crippen LogP contribution in [0.3, 0.4) is 0 Å². The molecule has 1 fully saturated rings. The van der Waals surface area contributed by atoms with Crippen LogP contribution < -0.4 is 5.32 Å². The molecule has 0 radical (unpaired) electrons. The van der Waals surface area contributed by atoms with Gasteiger partial charge in [0.25, 0.3) is 0 Å². The van der Waals surface area contributed by atoms with E-state index < -0.39 is 0 Å². The summed E-state index contributed by atoms with van der Waals surface area (Å²) in [6.45, 7) is 2.84. The molecule has 3 nitrogen and oxygen atoms in total. The minimum atomic E-state index is -0.225. The summed E-state index contributed by atoms with van der Waals surface area (Å²) in [4.78, 5) is 10.9. The van der Waals surface area contributed by atoms with Gasteiger partial charge >= 0.3 is 5.97 Å². The summed E-state index contributed by atoms with van der Waals surface area (Å²) in [5.74, 6) is -0.205. The molecule has 0 amide bonds. The second-order valence-corrected chi connectivity index (χ2v) is 4.96. The number of methoxy groups -OCH3 is 1. The molecule has 0 aromatic heterocycles. The molecule has 1 N–H and O–H groups in total. The largest absolute Gasteiger partial charge is 0.468 e. The van der Waals surface area contributed by atoms with Crippen molar-refractivity contribution in [3.8, 4) is 0 Å². The molecule has 0 spiro atoms. The fourth-order valence-electron chi connectivity index (χ4n) is 1.78. The second-order valence-electron chi connectivity index (χ2n) is 3.86. The van der Waals surface area contributed by atoms with Crippen LogP contribution in [0.5, 0.6) is 0 Å². The number of carbonyl (C=O) groups excluding carboxylic acids is 1. The van der Waals surface area contributed by atoms with Crippen LogP contribution in [0.2, 0.25) is 0 Å². The minimum Gasteiger partial charge on any atom is -0.468 e. The zero-order chi connectivity index (χ0) is 10.6. The van der Waals surface area contributed by atoms with E-state index in [9.17, 15) is 4.79 Å². The molecule has 0 aromatic carbocycles. The number of ether oxygens (including phenoxy) is 1. The van der Waals surface area contributed by atoms with Crippen LogP contribution >= 0.6 is 15.9 Å². The summed E-state index contributed by atoms with van der Waals surface area (Å²) in [5, 5.41) is 3.45. The van der Waals surface area contributed by atoms with Crippen molar-refractivity contribution in [2.45, 2.75) is 43.0 Å². The van der Waals surface area contributed by atoms with Crippen LogP contribution in [0, 0.1) is 0 Å². The third-order valence-corrected chi connectivity index (χ3v) is 3.80. The quantitative estimate of drug-likeness (QED) is 0.608. The van der Waals surface area contributed by atoms with Crippen LogP contribution in [0.1, 0.15) is 32.6 Å². The lowest BCUT2D eigenvalue weighted by Gasteiger charge is -2.42. The van der Waals surface area contributed by atoms with E-state index in [2.05, 4.69) is 32.9 Å². The van der Waals surface area contributed by atoms with Gasteiger partial charge in [-0.1, -0.05) is 22.9 Å².